The van der Waals surface area contributed by atoms with E-state index in [-0.39, 0.29) is 0 Å². The second-order valence-electron chi connectivity index (χ2n) is 1.13. The van der Waals surface area contributed by atoms with Crippen molar-refractivity contribution >= 4 is 10.1 Å². The summed E-state index contributed by atoms with van der Waals surface area (Å²) in [6.45, 7) is 0. The molecule has 0 aliphatic rings. The minimum atomic E-state index is -3.93. The van der Waals surface area contributed by atoms with E-state index in [9.17, 15) is 8.42 Å². The van der Waals surface area contributed by atoms with E-state index in [1.165, 1.54) is 0 Å². The van der Waals surface area contributed by atoms with Crippen LogP contribution in [0, 0.1) is 0 Å². The zero-order valence-corrected chi connectivity index (χ0v) is 4.80. The molecule has 0 aromatic heterocycles. The molecule has 0 saturated heterocycles. The molecule has 0 amide bonds. The van der Waals surface area contributed by atoms with Gasteiger partial charge >= 0.3 is 0 Å². The van der Waals surface area contributed by atoms with Gasteiger partial charge in [-0.25, -0.2) is 0 Å². The fourth-order valence-electron chi connectivity index (χ4n) is 0.165. The number of aliphatic hydroxyl groups is 1. The van der Waals surface area contributed by atoms with Crippen LogP contribution >= 0.6 is 0 Å². The summed E-state index contributed by atoms with van der Waals surface area (Å²) < 4.78 is 27.5. The highest BCUT2D eigenvalue weighted by molar-refractivity contribution is 7.85. The molecule has 4 nitrogen and oxygen atoms in total. The van der Waals surface area contributed by atoms with Crippen molar-refractivity contribution in [3.8, 4) is 0 Å². The molecule has 8 heavy (non-hydrogen) atoms. The Hall–Kier alpha value is -0.550. The van der Waals surface area contributed by atoms with Crippen molar-refractivity contribution < 1.29 is 18.1 Å². The molecule has 0 aliphatic carbocycles. The van der Waals surface area contributed by atoms with Crippen molar-refractivity contribution in [2.45, 2.75) is 0 Å². The summed E-state index contributed by atoms with van der Waals surface area (Å²) in [5, 5.41) is 7.87. The summed E-state index contributed by atoms with van der Waals surface area (Å²) in [4.78, 5) is 0. The maximum absolute atomic E-state index is 9.78. The molecular weight excluding hydrogens is 132 g/mol. The van der Waals surface area contributed by atoms with E-state index in [0.717, 1.165) is 6.08 Å². The lowest BCUT2D eigenvalue weighted by atomic mass is 10.7. The van der Waals surface area contributed by atoms with Crippen molar-refractivity contribution in [1.82, 2.24) is 0 Å². The first-order valence-corrected chi connectivity index (χ1v) is 3.41. The predicted octanol–water partition coefficient (Wildman–Crippen LogP) is -0.0541. The third-order valence-corrected chi connectivity index (χ3v) is 1.03. The molecular formula is C3H6O4S. The van der Waals surface area contributed by atoms with Gasteiger partial charge < -0.3 is 5.11 Å². The van der Waals surface area contributed by atoms with Crippen LogP contribution < -0.4 is 0 Å². The summed E-state index contributed by atoms with van der Waals surface area (Å²) in [7, 11) is -3.93. The molecule has 0 aromatic rings. The van der Waals surface area contributed by atoms with Crippen LogP contribution in [-0.2, 0) is 10.1 Å². The number of hydrogen-bond donors (Lipinski definition) is 2. The van der Waals surface area contributed by atoms with Crippen LogP contribution in [0.5, 0.6) is 0 Å². The lowest BCUT2D eigenvalue weighted by Crippen LogP contribution is -1.99. The van der Waals surface area contributed by atoms with Gasteiger partial charge in [-0.1, -0.05) is 0 Å². The van der Waals surface area contributed by atoms with Crippen LogP contribution in [0.15, 0.2) is 12.3 Å². The highest BCUT2D eigenvalue weighted by Gasteiger charge is 1.97. The van der Waals surface area contributed by atoms with Gasteiger partial charge in [0.05, 0.1) is 12.0 Å². The highest BCUT2D eigenvalue weighted by Crippen LogP contribution is 1.80. The fourth-order valence-corrected chi connectivity index (χ4v) is 0.494. The van der Waals surface area contributed by atoms with Gasteiger partial charge in [0, 0.05) is 0 Å². The zero-order chi connectivity index (χ0) is 6.62. The van der Waals surface area contributed by atoms with Crippen molar-refractivity contribution in [2.24, 2.45) is 0 Å². The molecule has 0 saturated carbocycles. The number of aliphatic hydroxyl groups excluding tert-OH is 1. The SMILES string of the molecule is O=S(=O)(O)CC=CO. The van der Waals surface area contributed by atoms with Gasteiger partial charge in [-0.3, -0.25) is 4.55 Å². The molecule has 0 radical (unpaired) electrons. The summed E-state index contributed by atoms with van der Waals surface area (Å²) in [5.74, 6) is -0.538. The Bertz CT molecular complexity index is 166. The molecule has 0 spiro atoms. The maximum Gasteiger partial charge on any atom is 0.268 e. The van der Waals surface area contributed by atoms with Crippen molar-refractivity contribution in [3.05, 3.63) is 12.3 Å². The Morgan fingerprint density at radius 1 is 1.50 bits per heavy atom. The van der Waals surface area contributed by atoms with Crippen LogP contribution in [0.3, 0.4) is 0 Å². The molecule has 0 fully saturated rings. The van der Waals surface area contributed by atoms with Gasteiger partial charge in [-0.05, 0) is 6.08 Å². The summed E-state index contributed by atoms with van der Waals surface area (Å²) in [6, 6.07) is 0. The maximum atomic E-state index is 9.78. The third-order valence-electron chi connectivity index (χ3n) is 0.412. The molecule has 2 N–H and O–H groups in total. The van der Waals surface area contributed by atoms with Gasteiger partial charge in [-0.2, -0.15) is 8.42 Å². The van der Waals surface area contributed by atoms with E-state index in [0.29, 0.717) is 6.26 Å². The lowest BCUT2D eigenvalue weighted by Gasteiger charge is -1.83. The van der Waals surface area contributed by atoms with Gasteiger partial charge in [0.2, 0.25) is 0 Å². The summed E-state index contributed by atoms with van der Waals surface area (Å²) in [6.07, 6.45) is 1.49. The molecule has 0 unspecified atom stereocenters. The number of hydrogen-bond acceptors (Lipinski definition) is 3. The van der Waals surface area contributed by atoms with Crippen molar-refractivity contribution in [2.75, 3.05) is 5.75 Å². The van der Waals surface area contributed by atoms with Crippen molar-refractivity contribution in [3.63, 3.8) is 0 Å². The summed E-state index contributed by atoms with van der Waals surface area (Å²) in [5.41, 5.74) is 0. The standard InChI is InChI=1S/C3H6O4S/c4-2-1-3-8(5,6)7/h1-2,4H,3H2,(H,5,6,7). The average molecular weight is 138 g/mol. The Labute approximate surface area is 47.2 Å². The Morgan fingerprint density at radius 3 is 2.12 bits per heavy atom. The first-order chi connectivity index (χ1) is 3.56. The highest BCUT2D eigenvalue weighted by atomic mass is 32.2. The van der Waals surface area contributed by atoms with Gasteiger partial charge in [0.1, 0.15) is 0 Å². The van der Waals surface area contributed by atoms with E-state index in [1.807, 2.05) is 0 Å². The Morgan fingerprint density at radius 2 is 2.00 bits per heavy atom. The Balaban J connectivity index is 3.76. The summed E-state index contributed by atoms with van der Waals surface area (Å²) >= 11 is 0. The number of rotatable bonds is 2. The van der Waals surface area contributed by atoms with Crippen molar-refractivity contribution in [1.29, 1.82) is 0 Å². The minimum absolute atomic E-state index is 0.538. The molecule has 0 bridgehead atoms. The first-order valence-electron chi connectivity index (χ1n) is 1.80. The van der Waals surface area contributed by atoms with Crippen LogP contribution in [0.1, 0.15) is 0 Å². The molecule has 48 valence electrons. The fraction of sp³-hybridized carbons (Fsp3) is 0.333. The topological polar surface area (TPSA) is 74.6 Å². The van der Waals surface area contributed by atoms with E-state index < -0.39 is 15.9 Å². The largest absolute Gasteiger partial charge is 0.516 e. The zero-order valence-electron chi connectivity index (χ0n) is 3.98. The molecule has 5 heteroatoms. The smallest absolute Gasteiger partial charge is 0.268 e. The average Bonchev–Trinajstić information content (AvgIpc) is 1.59. The van der Waals surface area contributed by atoms with Crippen LogP contribution in [0.4, 0.5) is 0 Å². The normalized spacial score (nSPS) is 12.6. The first kappa shape index (κ1) is 7.45. The van der Waals surface area contributed by atoms with E-state index in [1.54, 1.807) is 0 Å². The van der Waals surface area contributed by atoms with Gasteiger partial charge in [0.15, 0.2) is 0 Å². The second-order valence-corrected chi connectivity index (χ2v) is 2.63. The van der Waals surface area contributed by atoms with Gasteiger partial charge in [-0.15, -0.1) is 0 Å². The third kappa shape index (κ3) is 5.45. The van der Waals surface area contributed by atoms with E-state index in [4.69, 9.17) is 9.66 Å². The van der Waals surface area contributed by atoms with Gasteiger partial charge in [0.25, 0.3) is 10.1 Å². The van der Waals surface area contributed by atoms with E-state index in [2.05, 4.69) is 0 Å². The Kier molecular flexibility index (Phi) is 2.50. The molecule has 0 aromatic carbocycles. The second kappa shape index (κ2) is 2.68. The van der Waals surface area contributed by atoms with Crippen LogP contribution in [0.25, 0.3) is 0 Å². The lowest BCUT2D eigenvalue weighted by molar-refractivity contribution is 0.468. The molecule has 0 aliphatic heterocycles. The van der Waals surface area contributed by atoms with Crippen LogP contribution in [-0.4, -0.2) is 23.8 Å². The monoisotopic (exact) mass is 138 g/mol. The van der Waals surface area contributed by atoms with E-state index >= 15 is 0 Å². The molecule has 0 heterocycles. The predicted molar refractivity (Wildman–Crippen MR) is 28.2 cm³/mol. The van der Waals surface area contributed by atoms with Crippen LogP contribution in [0.2, 0.25) is 0 Å². The molecule has 0 rings (SSSR count). The quantitative estimate of drug-likeness (QED) is 0.414. The molecule has 0 atom stereocenters. The minimum Gasteiger partial charge on any atom is -0.516 e.